The van der Waals surface area contributed by atoms with Gasteiger partial charge in [0.05, 0.1) is 22.6 Å². The van der Waals surface area contributed by atoms with Crippen molar-refractivity contribution in [3.05, 3.63) is 64.9 Å². The highest BCUT2D eigenvalue weighted by atomic mass is 19.1. The van der Waals surface area contributed by atoms with Gasteiger partial charge in [-0.05, 0) is 56.0 Å². The number of aromatic amines is 2. The van der Waals surface area contributed by atoms with Crippen LogP contribution in [0.5, 0.6) is 0 Å². The van der Waals surface area contributed by atoms with Crippen LogP contribution in [0.1, 0.15) is 46.3 Å². The van der Waals surface area contributed by atoms with E-state index in [0.717, 1.165) is 46.2 Å². The molecule has 0 radical (unpaired) electrons. The maximum Gasteiger partial charge on any atom is 0.271 e. The van der Waals surface area contributed by atoms with Crippen molar-refractivity contribution in [2.24, 2.45) is 0 Å². The van der Waals surface area contributed by atoms with Gasteiger partial charge in [0.25, 0.3) is 5.91 Å². The lowest BCUT2D eigenvalue weighted by molar-refractivity contribution is 0.0725. The summed E-state index contributed by atoms with van der Waals surface area (Å²) >= 11 is 0. The number of carbonyl (C=O) groups is 1. The molecule has 2 aromatic carbocycles. The van der Waals surface area contributed by atoms with Crippen molar-refractivity contribution >= 4 is 27.8 Å². The number of rotatable bonds is 2. The molecular formula is C22H21FN4O. The fraction of sp³-hybridized carbons (Fsp3) is 0.273. The molecule has 142 valence electrons. The highest BCUT2D eigenvalue weighted by molar-refractivity contribution is 6.01. The second-order valence-corrected chi connectivity index (χ2v) is 7.59. The zero-order chi connectivity index (χ0) is 19.4. The van der Waals surface area contributed by atoms with E-state index in [1.165, 1.54) is 6.07 Å². The van der Waals surface area contributed by atoms with Crippen LogP contribution in [-0.2, 0) is 0 Å². The molecule has 28 heavy (non-hydrogen) atoms. The molecule has 0 spiro atoms. The van der Waals surface area contributed by atoms with Gasteiger partial charge in [0.1, 0.15) is 17.3 Å². The van der Waals surface area contributed by atoms with E-state index in [-0.39, 0.29) is 17.8 Å². The average molecular weight is 376 g/mol. The number of amides is 1. The number of nitrogens with one attached hydrogen (secondary N) is 2. The summed E-state index contributed by atoms with van der Waals surface area (Å²) in [6.07, 6.45) is 1.78. The van der Waals surface area contributed by atoms with Crippen molar-refractivity contribution in [3.63, 3.8) is 0 Å². The number of aromatic nitrogens is 3. The smallest absolute Gasteiger partial charge is 0.271 e. The molecule has 1 amide bonds. The molecule has 5 rings (SSSR count). The lowest BCUT2D eigenvalue weighted by atomic mass is 10.1. The summed E-state index contributed by atoms with van der Waals surface area (Å²) in [5.74, 6) is 0.365. The van der Waals surface area contributed by atoms with Crippen LogP contribution in [-0.4, -0.2) is 32.3 Å². The molecular weight excluding hydrogens is 355 g/mol. The minimum Gasteiger partial charge on any atom is -0.348 e. The minimum atomic E-state index is -0.342. The quantitative estimate of drug-likeness (QED) is 0.529. The number of hydrogen-bond acceptors (Lipinski definition) is 2. The van der Waals surface area contributed by atoms with Crippen LogP contribution in [0.25, 0.3) is 21.9 Å². The van der Waals surface area contributed by atoms with Gasteiger partial charge in [-0.3, -0.25) is 4.79 Å². The van der Waals surface area contributed by atoms with E-state index in [9.17, 15) is 9.18 Å². The Bertz CT molecular complexity index is 1220. The van der Waals surface area contributed by atoms with Crippen molar-refractivity contribution in [2.45, 2.75) is 32.7 Å². The number of likely N-dealkylation sites (tertiary alicyclic amines) is 1. The normalized spacial score (nSPS) is 17.1. The largest absolute Gasteiger partial charge is 0.348 e. The fourth-order valence-electron chi connectivity index (χ4n) is 4.27. The molecule has 1 aliphatic heterocycles. The Kier molecular flexibility index (Phi) is 3.75. The zero-order valence-corrected chi connectivity index (χ0v) is 15.8. The first kappa shape index (κ1) is 17.0. The summed E-state index contributed by atoms with van der Waals surface area (Å²) in [5, 5.41) is 0.748. The number of carbonyl (C=O) groups excluding carboxylic acids is 1. The summed E-state index contributed by atoms with van der Waals surface area (Å²) in [6, 6.07) is 10.9. The number of imidazole rings is 1. The fourth-order valence-corrected chi connectivity index (χ4v) is 4.27. The van der Waals surface area contributed by atoms with Crippen LogP contribution in [0.4, 0.5) is 4.39 Å². The molecule has 2 N–H and O–H groups in total. The van der Waals surface area contributed by atoms with E-state index in [4.69, 9.17) is 4.98 Å². The predicted octanol–water partition coefficient (Wildman–Crippen LogP) is 4.78. The number of halogens is 1. The minimum absolute atomic E-state index is 0.101. The van der Waals surface area contributed by atoms with Crippen molar-refractivity contribution in [3.8, 4) is 0 Å². The van der Waals surface area contributed by atoms with Gasteiger partial charge in [0.15, 0.2) is 0 Å². The molecule has 1 saturated heterocycles. The highest BCUT2D eigenvalue weighted by Crippen LogP contribution is 2.34. The third kappa shape index (κ3) is 2.52. The third-order valence-corrected chi connectivity index (χ3v) is 5.74. The Morgan fingerprint density at radius 1 is 1.21 bits per heavy atom. The van der Waals surface area contributed by atoms with Crippen molar-refractivity contribution in [1.82, 2.24) is 19.9 Å². The number of fused-ring (bicyclic) bond motifs is 2. The van der Waals surface area contributed by atoms with Gasteiger partial charge in [-0.15, -0.1) is 0 Å². The van der Waals surface area contributed by atoms with Crippen molar-refractivity contribution in [2.75, 3.05) is 6.54 Å². The van der Waals surface area contributed by atoms with Crippen LogP contribution in [0.15, 0.2) is 36.4 Å². The summed E-state index contributed by atoms with van der Waals surface area (Å²) in [5.41, 5.74) is 4.68. The molecule has 6 heteroatoms. The lowest BCUT2D eigenvalue weighted by Gasteiger charge is -2.23. The predicted molar refractivity (Wildman–Crippen MR) is 107 cm³/mol. The number of para-hydroxylation sites is 1. The topological polar surface area (TPSA) is 64.8 Å². The molecule has 5 nitrogen and oxygen atoms in total. The first-order chi connectivity index (χ1) is 13.5. The van der Waals surface area contributed by atoms with Gasteiger partial charge in [-0.25, -0.2) is 9.37 Å². The molecule has 1 fully saturated rings. The number of aryl methyl sites for hydroxylation is 2. The van der Waals surface area contributed by atoms with E-state index in [1.807, 2.05) is 36.9 Å². The first-order valence-electron chi connectivity index (χ1n) is 9.57. The molecule has 1 aliphatic rings. The Hall–Kier alpha value is -3.15. The summed E-state index contributed by atoms with van der Waals surface area (Å²) in [7, 11) is 0. The van der Waals surface area contributed by atoms with Gasteiger partial charge in [-0.1, -0.05) is 18.2 Å². The van der Waals surface area contributed by atoms with E-state index >= 15 is 0 Å². The van der Waals surface area contributed by atoms with Gasteiger partial charge in [0.2, 0.25) is 0 Å². The van der Waals surface area contributed by atoms with Crippen LogP contribution in [0.2, 0.25) is 0 Å². The Morgan fingerprint density at radius 2 is 2.07 bits per heavy atom. The molecule has 0 saturated carbocycles. The van der Waals surface area contributed by atoms with E-state index in [2.05, 4.69) is 16.0 Å². The first-order valence-corrected chi connectivity index (χ1v) is 9.57. The second kappa shape index (κ2) is 6.19. The van der Waals surface area contributed by atoms with Crippen LogP contribution in [0.3, 0.4) is 0 Å². The van der Waals surface area contributed by atoms with Gasteiger partial charge in [-0.2, -0.15) is 0 Å². The van der Waals surface area contributed by atoms with Gasteiger partial charge >= 0.3 is 0 Å². The van der Waals surface area contributed by atoms with Crippen LogP contribution in [0, 0.1) is 19.7 Å². The Balaban J connectivity index is 1.53. The summed E-state index contributed by atoms with van der Waals surface area (Å²) < 4.78 is 14.1. The number of benzene rings is 2. The molecule has 0 aliphatic carbocycles. The molecule has 0 bridgehead atoms. The summed E-state index contributed by atoms with van der Waals surface area (Å²) in [6.45, 7) is 4.57. The lowest BCUT2D eigenvalue weighted by Crippen LogP contribution is -2.31. The number of H-pyrrole nitrogens is 2. The van der Waals surface area contributed by atoms with Gasteiger partial charge in [0, 0.05) is 11.9 Å². The SMILES string of the molecule is Cc1ccc2nc([C@H]3CCCN3C(=O)c3[nH]c4c(F)cccc4c3C)[nH]c2c1. The second-order valence-electron chi connectivity index (χ2n) is 7.59. The van der Waals surface area contributed by atoms with E-state index < -0.39 is 0 Å². The van der Waals surface area contributed by atoms with Crippen LogP contribution < -0.4 is 0 Å². The number of hydrogen-bond donors (Lipinski definition) is 2. The standard InChI is InChI=1S/C22H21FN4O/c1-12-8-9-16-17(11-12)25-21(24-16)18-7-4-10-27(18)22(28)19-13(2)14-5-3-6-15(23)20(14)26-19/h3,5-6,8-9,11,18,26H,4,7,10H2,1-2H3,(H,24,25)/t18-/m1/s1. The maximum absolute atomic E-state index is 14.1. The van der Waals surface area contributed by atoms with Crippen molar-refractivity contribution < 1.29 is 9.18 Å². The molecule has 2 aromatic heterocycles. The zero-order valence-electron chi connectivity index (χ0n) is 15.8. The highest BCUT2D eigenvalue weighted by Gasteiger charge is 2.34. The summed E-state index contributed by atoms with van der Waals surface area (Å²) in [4.78, 5) is 26.3. The van der Waals surface area contributed by atoms with E-state index in [0.29, 0.717) is 17.8 Å². The van der Waals surface area contributed by atoms with Gasteiger partial charge < -0.3 is 14.9 Å². The van der Waals surface area contributed by atoms with Crippen LogP contribution >= 0.6 is 0 Å². The molecule has 1 atom stereocenters. The Labute approximate surface area is 161 Å². The monoisotopic (exact) mass is 376 g/mol. The molecule has 3 heterocycles. The number of nitrogens with zero attached hydrogens (tertiary/aromatic N) is 2. The Morgan fingerprint density at radius 3 is 2.89 bits per heavy atom. The average Bonchev–Trinajstić information content (AvgIpc) is 3.38. The third-order valence-electron chi connectivity index (χ3n) is 5.74. The molecule has 4 aromatic rings. The molecule has 0 unspecified atom stereocenters. The maximum atomic E-state index is 14.1. The van der Waals surface area contributed by atoms with Crippen molar-refractivity contribution in [1.29, 1.82) is 0 Å². The van der Waals surface area contributed by atoms with E-state index in [1.54, 1.807) is 6.07 Å².